The molecular formula is C21H25N5O. The Morgan fingerprint density at radius 3 is 2.96 bits per heavy atom. The Morgan fingerprint density at radius 2 is 2.11 bits per heavy atom. The number of benzene rings is 1. The molecule has 140 valence electrons. The van der Waals surface area contributed by atoms with E-state index in [1.807, 2.05) is 28.8 Å². The van der Waals surface area contributed by atoms with Crippen molar-refractivity contribution in [3.05, 3.63) is 51.8 Å². The third-order valence-corrected chi connectivity index (χ3v) is 5.78. The number of carbonyl (C=O) groups excluding carboxylic acids is 1. The number of hydrogen-bond donors (Lipinski definition) is 1. The molecule has 0 atom stereocenters. The minimum atomic E-state index is -0.0305. The zero-order chi connectivity index (χ0) is 18.8. The van der Waals surface area contributed by atoms with Gasteiger partial charge in [0.05, 0.1) is 30.4 Å². The summed E-state index contributed by atoms with van der Waals surface area (Å²) in [7, 11) is 1.97. The molecule has 0 spiro atoms. The molecule has 4 rings (SSSR count). The van der Waals surface area contributed by atoms with E-state index in [0.717, 1.165) is 36.1 Å². The smallest absolute Gasteiger partial charge is 0.318 e. The summed E-state index contributed by atoms with van der Waals surface area (Å²) in [6.07, 6.45) is 5.76. The summed E-state index contributed by atoms with van der Waals surface area (Å²) in [6.45, 7) is 1.81. The number of nitrogens with one attached hydrogen (secondary N) is 1. The second-order valence-corrected chi connectivity index (χ2v) is 7.42. The fraction of sp³-hybridized carbons (Fsp3) is 0.476. The molecule has 2 heterocycles. The summed E-state index contributed by atoms with van der Waals surface area (Å²) >= 11 is 0. The van der Waals surface area contributed by atoms with Gasteiger partial charge in [-0.1, -0.05) is 18.2 Å². The van der Waals surface area contributed by atoms with Crippen LogP contribution in [0, 0.1) is 11.3 Å². The van der Waals surface area contributed by atoms with E-state index in [2.05, 4.69) is 22.6 Å². The standard InChI is InChI=1S/C21H25N5O/c1-25-20(18-7-2-3-8-19(18)24-25)13-23-21(27)26-12-10-17-15(9-11-22)5-4-6-16(17)14-26/h4-6H,2-3,7-10,12-14H2,1H3,(H,23,27). The molecule has 2 amide bonds. The number of fused-ring (bicyclic) bond motifs is 2. The lowest BCUT2D eigenvalue weighted by atomic mass is 9.93. The van der Waals surface area contributed by atoms with E-state index in [1.54, 1.807) is 0 Å². The number of amides is 2. The summed E-state index contributed by atoms with van der Waals surface area (Å²) in [5.74, 6) is 0. The van der Waals surface area contributed by atoms with E-state index in [4.69, 9.17) is 5.26 Å². The summed E-state index contributed by atoms with van der Waals surface area (Å²) in [4.78, 5) is 14.6. The zero-order valence-corrected chi connectivity index (χ0v) is 15.8. The Kier molecular flexibility index (Phi) is 4.85. The van der Waals surface area contributed by atoms with Gasteiger partial charge in [-0.2, -0.15) is 10.4 Å². The van der Waals surface area contributed by atoms with Crippen LogP contribution < -0.4 is 5.32 Å². The van der Waals surface area contributed by atoms with Crippen LogP contribution in [0.1, 0.15) is 46.5 Å². The third-order valence-electron chi connectivity index (χ3n) is 5.78. The van der Waals surface area contributed by atoms with E-state index < -0.39 is 0 Å². The monoisotopic (exact) mass is 363 g/mol. The normalized spacial score (nSPS) is 15.6. The van der Waals surface area contributed by atoms with Crippen LogP contribution in [0.2, 0.25) is 0 Å². The molecule has 1 N–H and O–H groups in total. The molecule has 0 bridgehead atoms. The molecule has 1 aliphatic carbocycles. The van der Waals surface area contributed by atoms with Crippen molar-refractivity contribution in [1.82, 2.24) is 20.0 Å². The Balaban J connectivity index is 1.43. The fourth-order valence-electron chi connectivity index (χ4n) is 4.35. The van der Waals surface area contributed by atoms with E-state index in [-0.39, 0.29) is 6.03 Å². The van der Waals surface area contributed by atoms with Crippen LogP contribution in [0.3, 0.4) is 0 Å². The quantitative estimate of drug-likeness (QED) is 0.911. The minimum absolute atomic E-state index is 0.0305. The second-order valence-electron chi connectivity index (χ2n) is 7.42. The molecule has 0 saturated heterocycles. The lowest BCUT2D eigenvalue weighted by Crippen LogP contribution is -2.43. The molecule has 0 unspecified atom stereocenters. The van der Waals surface area contributed by atoms with Crippen LogP contribution in [0.5, 0.6) is 0 Å². The number of aromatic nitrogens is 2. The molecule has 1 aromatic heterocycles. The highest BCUT2D eigenvalue weighted by atomic mass is 16.2. The summed E-state index contributed by atoms with van der Waals surface area (Å²) in [6, 6.07) is 8.26. The molecule has 2 aromatic rings. The van der Waals surface area contributed by atoms with Gasteiger partial charge in [-0.05, 0) is 54.4 Å². The first-order valence-corrected chi connectivity index (χ1v) is 9.70. The SMILES string of the molecule is Cn1nc2c(c1CNC(=O)N1CCc3c(CC#N)cccc3C1)CCCC2. The molecule has 27 heavy (non-hydrogen) atoms. The summed E-state index contributed by atoms with van der Waals surface area (Å²) in [5.41, 5.74) is 7.15. The Labute approximate surface area is 159 Å². The average Bonchev–Trinajstić information content (AvgIpc) is 3.01. The van der Waals surface area contributed by atoms with Crippen molar-refractivity contribution in [2.75, 3.05) is 6.54 Å². The van der Waals surface area contributed by atoms with Crippen LogP contribution in [0.15, 0.2) is 18.2 Å². The van der Waals surface area contributed by atoms with Gasteiger partial charge in [-0.3, -0.25) is 4.68 Å². The predicted octanol–water partition coefficient (Wildman–Crippen LogP) is 2.63. The number of aryl methyl sites for hydroxylation is 2. The second kappa shape index (κ2) is 7.43. The summed E-state index contributed by atoms with van der Waals surface area (Å²) in [5, 5.41) is 16.7. The lowest BCUT2D eigenvalue weighted by molar-refractivity contribution is 0.191. The highest BCUT2D eigenvalue weighted by Gasteiger charge is 2.24. The van der Waals surface area contributed by atoms with Crippen LogP contribution >= 0.6 is 0 Å². The maximum atomic E-state index is 12.7. The van der Waals surface area contributed by atoms with Crippen molar-refractivity contribution in [2.24, 2.45) is 7.05 Å². The van der Waals surface area contributed by atoms with E-state index in [0.29, 0.717) is 26.1 Å². The van der Waals surface area contributed by atoms with E-state index >= 15 is 0 Å². The topological polar surface area (TPSA) is 74.0 Å². The molecular weight excluding hydrogens is 338 g/mol. The van der Waals surface area contributed by atoms with Crippen molar-refractivity contribution in [2.45, 2.75) is 51.6 Å². The van der Waals surface area contributed by atoms with Crippen molar-refractivity contribution in [1.29, 1.82) is 5.26 Å². The van der Waals surface area contributed by atoms with Crippen molar-refractivity contribution in [3.8, 4) is 6.07 Å². The van der Waals surface area contributed by atoms with Crippen molar-refractivity contribution in [3.63, 3.8) is 0 Å². The molecule has 1 aliphatic heterocycles. The number of rotatable bonds is 3. The molecule has 1 aromatic carbocycles. The van der Waals surface area contributed by atoms with E-state index in [1.165, 1.54) is 29.7 Å². The maximum absolute atomic E-state index is 12.7. The minimum Gasteiger partial charge on any atom is -0.332 e. The first kappa shape index (κ1) is 17.6. The van der Waals surface area contributed by atoms with E-state index in [9.17, 15) is 4.79 Å². The van der Waals surface area contributed by atoms with Gasteiger partial charge in [-0.25, -0.2) is 4.79 Å². The van der Waals surface area contributed by atoms with Gasteiger partial charge in [0.1, 0.15) is 0 Å². The Morgan fingerprint density at radius 1 is 1.26 bits per heavy atom. The van der Waals surface area contributed by atoms with Crippen LogP contribution in [0.4, 0.5) is 4.79 Å². The Bertz CT molecular complexity index is 908. The molecule has 0 radical (unpaired) electrons. The van der Waals surface area contributed by atoms with Crippen LogP contribution in [-0.2, 0) is 45.8 Å². The number of urea groups is 1. The number of nitriles is 1. The van der Waals surface area contributed by atoms with Crippen LogP contribution in [0.25, 0.3) is 0 Å². The van der Waals surface area contributed by atoms with Gasteiger partial charge >= 0.3 is 6.03 Å². The van der Waals surface area contributed by atoms with Crippen LogP contribution in [-0.4, -0.2) is 27.3 Å². The van der Waals surface area contributed by atoms with Gasteiger partial charge in [-0.15, -0.1) is 0 Å². The van der Waals surface area contributed by atoms with Gasteiger partial charge in [0.25, 0.3) is 0 Å². The zero-order valence-electron chi connectivity index (χ0n) is 15.8. The first-order valence-electron chi connectivity index (χ1n) is 9.70. The highest BCUT2D eigenvalue weighted by molar-refractivity contribution is 5.74. The largest absolute Gasteiger partial charge is 0.332 e. The predicted molar refractivity (Wildman–Crippen MR) is 102 cm³/mol. The first-order chi connectivity index (χ1) is 13.2. The van der Waals surface area contributed by atoms with Gasteiger partial charge < -0.3 is 10.2 Å². The summed E-state index contributed by atoms with van der Waals surface area (Å²) < 4.78 is 1.93. The molecule has 6 heteroatoms. The van der Waals surface area contributed by atoms with Gasteiger partial charge in [0.15, 0.2) is 0 Å². The third kappa shape index (κ3) is 3.42. The molecule has 6 nitrogen and oxygen atoms in total. The average molecular weight is 363 g/mol. The maximum Gasteiger partial charge on any atom is 0.318 e. The Hall–Kier alpha value is -2.81. The molecule has 2 aliphatic rings. The number of carbonyl (C=O) groups is 1. The molecule has 0 fully saturated rings. The van der Waals surface area contributed by atoms with Gasteiger partial charge in [0.2, 0.25) is 0 Å². The number of hydrogen-bond acceptors (Lipinski definition) is 3. The van der Waals surface area contributed by atoms with Crippen molar-refractivity contribution < 1.29 is 4.79 Å². The van der Waals surface area contributed by atoms with Gasteiger partial charge in [0, 0.05) is 20.1 Å². The number of nitrogens with zero attached hydrogens (tertiary/aromatic N) is 4. The van der Waals surface area contributed by atoms with Crippen molar-refractivity contribution >= 4 is 6.03 Å². The molecule has 0 saturated carbocycles. The fourth-order valence-corrected chi connectivity index (χ4v) is 4.35. The highest BCUT2D eigenvalue weighted by Crippen LogP contribution is 2.25. The lowest BCUT2D eigenvalue weighted by Gasteiger charge is -2.30.